The molecule has 1 amide bonds. The third-order valence-electron chi connectivity index (χ3n) is 6.19. The van der Waals surface area contributed by atoms with Crippen molar-refractivity contribution >= 4 is 30.7 Å². The third-order valence-corrected chi connectivity index (χ3v) is 6.19. The summed E-state index contributed by atoms with van der Waals surface area (Å²) in [6.45, 7) is 8.06. The number of aromatic nitrogens is 1. The lowest BCUT2D eigenvalue weighted by Crippen LogP contribution is -2.57. The second kappa shape index (κ2) is 10.1. The van der Waals surface area contributed by atoms with E-state index in [1.54, 1.807) is 6.26 Å². The van der Waals surface area contributed by atoms with Gasteiger partial charge in [-0.15, -0.1) is 24.8 Å². The fourth-order valence-corrected chi connectivity index (χ4v) is 4.86. The Balaban J connectivity index is 0.00000131. The molecule has 8 heteroatoms. The van der Waals surface area contributed by atoms with Crippen molar-refractivity contribution < 1.29 is 9.21 Å². The van der Waals surface area contributed by atoms with Gasteiger partial charge in [0.1, 0.15) is 6.26 Å². The number of hydrogen-bond acceptors (Lipinski definition) is 5. The maximum atomic E-state index is 12.6. The molecule has 0 unspecified atom stereocenters. The molecule has 4 rings (SSSR count). The molecule has 154 valence electrons. The largest absolute Gasteiger partial charge is 0.449 e. The molecule has 0 spiro atoms. The van der Waals surface area contributed by atoms with Crippen LogP contribution in [0.3, 0.4) is 0 Å². The van der Waals surface area contributed by atoms with Crippen molar-refractivity contribution in [3.8, 4) is 0 Å². The first-order chi connectivity index (χ1) is 12.2. The summed E-state index contributed by atoms with van der Waals surface area (Å²) in [6, 6.07) is 0.450. The summed E-state index contributed by atoms with van der Waals surface area (Å²) >= 11 is 0. The van der Waals surface area contributed by atoms with Crippen LogP contribution < -0.4 is 5.32 Å². The Kier molecular flexibility index (Phi) is 8.40. The number of aryl methyl sites for hydroxylation is 1. The van der Waals surface area contributed by atoms with Gasteiger partial charge in [0.15, 0.2) is 5.89 Å². The van der Waals surface area contributed by atoms with E-state index in [2.05, 4.69) is 20.1 Å². The predicted molar refractivity (Wildman–Crippen MR) is 109 cm³/mol. The number of carbonyl (C=O) groups excluding carboxylic acids is 1. The summed E-state index contributed by atoms with van der Waals surface area (Å²) in [6.07, 6.45) is 7.05. The predicted octanol–water partition coefficient (Wildman–Crippen LogP) is 2.64. The molecule has 1 aromatic heterocycles. The van der Waals surface area contributed by atoms with Gasteiger partial charge >= 0.3 is 0 Å². The summed E-state index contributed by atoms with van der Waals surface area (Å²) in [5.74, 6) is 2.42. The van der Waals surface area contributed by atoms with Crippen molar-refractivity contribution in [1.82, 2.24) is 20.1 Å². The zero-order valence-electron chi connectivity index (χ0n) is 16.1. The first-order valence-corrected chi connectivity index (χ1v) is 9.82. The van der Waals surface area contributed by atoms with Gasteiger partial charge < -0.3 is 14.6 Å². The van der Waals surface area contributed by atoms with E-state index >= 15 is 0 Å². The highest BCUT2D eigenvalue weighted by Gasteiger charge is 2.40. The molecular weight excluding hydrogens is 387 g/mol. The van der Waals surface area contributed by atoms with E-state index in [0.29, 0.717) is 23.8 Å². The van der Waals surface area contributed by atoms with E-state index < -0.39 is 0 Å². The molecule has 0 radical (unpaired) electrons. The van der Waals surface area contributed by atoms with E-state index in [0.717, 1.165) is 70.1 Å². The fraction of sp³-hybridized carbons (Fsp3) is 0.789. The van der Waals surface area contributed by atoms with Crippen molar-refractivity contribution in [3.05, 3.63) is 17.8 Å². The number of likely N-dealkylation sites (tertiary alicyclic amines) is 2. The number of halogens is 2. The number of nitrogens with zero attached hydrogens (tertiary/aromatic N) is 3. The maximum absolute atomic E-state index is 12.6. The number of rotatable bonds is 4. The standard InChI is InChI=1S/C19H30N4O2.2ClH/c1-14-21-17(13-25-14)12-22-9-6-18-16(11-22)2-3-19(24)23(18)10-15-4-7-20-8-5-15;;/h13,15-16,18,20H,2-12H2,1H3;2*1H/t16-,18+;;/m0../s1. The number of fused-ring (bicyclic) bond motifs is 1. The average Bonchev–Trinajstić information content (AvgIpc) is 3.03. The zero-order valence-corrected chi connectivity index (χ0v) is 17.7. The highest BCUT2D eigenvalue weighted by molar-refractivity contribution is 5.85. The molecule has 1 aromatic rings. The Morgan fingerprint density at radius 2 is 2.00 bits per heavy atom. The van der Waals surface area contributed by atoms with Gasteiger partial charge in [-0.2, -0.15) is 0 Å². The average molecular weight is 419 g/mol. The van der Waals surface area contributed by atoms with Crippen LogP contribution in [0.5, 0.6) is 0 Å². The van der Waals surface area contributed by atoms with Crippen LogP contribution >= 0.6 is 24.8 Å². The van der Waals surface area contributed by atoms with Crippen LogP contribution in [0.4, 0.5) is 0 Å². The van der Waals surface area contributed by atoms with Crippen LogP contribution in [-0.4, -0.2) is 59.5 Å². The van der Waals surface area contributed by atoms with Gasteiger partial charge in [-0.1, -0.05) is 0 Å². The lowest BCUT2D eigenvalue weighted by atomic mass is 9.82. The Labute approximate surface area is 174 Å². The first-order valence-electron chi connectivity index (χ1n) is 9.82. The van der Waals surface area contributed by atoms with Crippen LogP contribution in [0.15, 0.2) is 10.7 Å². The minimum Gasteiger partial charge on any atom is -0.449 e. The molecular formula is C19H32Cl2N4O2. The van der Waals surface area contributed by atoms with Gasteiger partial charge in [0.05, 0.1) is 5.69 Å². The number of amides is 1. The van der Waals surface area contributed by atoms with Gasteiger partial charge in [0.25, 0.3) is 0 Å². The molecule has 3 fully saturated rings. The van der Waals surface area contributed by atoms with E-state index in [1.165, 1.54) is 12.8 Å². The smallest absolute Gasteiger partial charge is 0.222 e. The molecule has 2 atom stereocenters. The van der Waals surface area contributed by atoms with Crippen molar-refractivity contribution in [1.29, 1.82) is 0 Å². The second-order valence-electron chi connectivity index (χ2n) is 7.99. The molecule has 3 aliphatic heterocycles. The van der Waals surface area contributed by atoms with Gasteiger partial charge in [-0.25, -0.2) is 4.98 Å². The molecule has 0 bridgehead atoms. The molecule has 6 nitrogen and oxygen atoms in total. The van der Waals surface area contributed by atoms with Crippen molar-refractivity contribution in [3.63, 3.8) is 0 Å². The zero-order chi connectivity index (χ0) is 17.2. The number of oxazole rings is 1. The van der Waals surface area contributed by atoms with Crippen molar-refractivity contribution in [2.24, 2.45) is 11.8 Å². The van der Waals surface area contributed by atoms with Gasteiger partial charge in [-0.05, 0) is 50.6 Å². The Bertz CT molecular complexity index is 606. The van der Waals surface area contributed by atoms with Crippen molar-refractivity contribution in [2.75, 3.05) is 32.7 Å². The first kappa shape index (κ1) is 22.5. The van der Waals surface area contributed by atoms with Gasteiger partial charge in [0, 0.05) is 45.6 Å². The normalized spacial score (nSPS) is 26.9. The number of nitrogens with one attached hydrogen (secondary N) is 1. The summed E-state index contributed by atoms with van der Waals surface area (Å²) in [7, 11) is 0. The molecule has 1 N–H and O–H groups in total. The highest BCUT2D eigenvalue weighted by Crippen LogP contribution is 2.33. The lowest BCUT2D eigenvalue weighted by molar-refractivity contribution is -0.142. The molecule has 3 saturated heterocycles. The van der Waals surface area contributed by atoms with E-state index in [-0.39, 0.29) is 24.8 Å². The quantitative estimate of drug-likeness (QED) is 0.813. The minimum atomic E-state index is 0. The molecule has 0 aromatic carbocycles. The Morgan fingerprint density at radius 1 is 1.22 bits per heavy atom. The van der Waals surface area contributed by atoms with Crippen LogP contribution in [0.2, 0.25) is 0 Å². The summed E-state index contributed by atoms with van der Waals surface area (Å²) in [5.41, 5.74) is 1.02. The Hall–Kier alpha value is -0.820. The molecule has 27 heavy (non-hydrogen) atoms. The fourth-order valence-electron chi connectivity index (χ4n) is 4.86. The van der Waals surface area contributed by atoms with E-state index in [1.807, 2.05) is 6.92 Å². The minimum absolute atomic E-state index is 0. The summed E-state index contributed by atoms with van der Waals surface area (Å²) in [5, 5.41) is 3.43. The van der Waals surface area contributed by atoms with Crippen LogP contribution in [0.1, 0.15) is 43.7 Å². The molecule has 0 aliphatic carbocycles. The molecule has 0 saturated carbocycles. The van der Waals surface area contributed by atoms with Gasteiger partial charge in [0.2, 0.25) is 5.91 Å². The number of piperidine rings is 3. The highest BCUT2D eigenvalue weighted by atomic mass is 35.5. The summed E-state index contributed by atoms with van der Waals surface area (Å²) < 4.78 is 5.33. The van der Waals surface area contributed by atoms with Crippen LogP contribution in [0.25, 0.3) is 0 Å². The lowest BCUT2D eigenvalue weighted by Gasteiger charge is -2.48. The Morgan fingerprint density at radius 3 is 2.70 bits per heavy atom. The van der Waals surface area contributed by atoms with E-state index in [9.17, 15) is 4.79 Å². The van der Waals surface area contributed by atoms with Gasteiger partial charge in [-0.3, -0.25) is 9.69 Å². The molecule has 4 heterocycles. The summed E-state index contributed by atoms with van der Waals surface area (Å²) in [4.78, 5) is 21.7. The number of carbonyl (C=O) groups is 1. The monoisotopic (exact) mass is 418 g/mol. The van der Waals surface area contributed by atoms with Crippen LogP contribution in [-0.2, 0) is 11.3 Å². The SMILES string of the molecule is Cc1nc(CN2CC[C@@H]3[C@@H](CCC(=O)N3CC3CCNCC3)C2)co1.Cl.Cl. The third kappa shape index (κ3) is 5.37. The van der Waals surface area contributed by atoms with E-state index in [4.69, 9.17) is 4.42 Å². The van der Waals surface area contributed by atoms with Crippen LogP contribution in [0, 0.1) is 18.8 Å². The topological polar surface area (TPSA) is 61.6 Å². The molecule has 3 aliphatic rings. The number of hydrogen-bond donors (Lipinski definition) is 1. The maximum Gasteiger partial charge on any atom is 0.222 e. The van der Waals surface area contributed by atoms with Crippen molar-refractivity contribution in [2.45, 2.75) is 51.6 Å². The second-order valence-corrected chi connectivity index (χ2v) is 7.99.